The lowest BCUT2D eigenvalue weighted by molar-refractivity contribution is 0.211. The van der Waals surface area contributed by atoms with Crippen LogP contribution in [0.25, 0.3) is 0 Å². The van der Waals surface area contributed by atoms with E-state index in [9.17, 15) is 0 Å². The molecule has 14 heavy (non-hydrogen) atoms. The fourth-order valence-electron chi connectivity index (χ4n) is 1.69. The minimum absolute atomic E-state index is 0.740. The molecule has 0 amide bonds. The molecule has 1 aliphatic carbocycles. The summed E-state index contributed by atoms with van der Waals surface area (Å²) >= 11 is 1.81. The maximum atomic E-state index is 4.98. The summed E-state index contributed by atoms with van der Waals surface area (Å²) in [5.74, 6) is 0. The second kappa shape index (κ2) is 4.75. The summed E-state index contributed by atoms with van der Waals surface area (Å²) in [7, 11) is 1.72. The number of ether oxygens (including phenoxy) is 1. The number of methoxy groups -OCH3 is 1. The number of anilines is 1. The van der Waals surface area contributed by atoms with Crippen molar-refractivity contribution in [3.05, 3.63) is 10.6 Å². The van der Waals surface area contributed by atoms with Gasteiger partial charge in [-0.05, 0) is 25.7 Å². The molecule has 4 heteroatoms. The molecule has 0 saturated carbocycles. The molecular formula is C10H16N2OS. The normalized spacial score (nSPS) is 15.2. The van der Waals surface area contributed by atoms with Gasteiger partial charge in [0.15, 0.2) is 5.13 Å². The van der Waals surface area contributed by atoms with Gasteiger partial charge in [-0.2, -0.15) is 0 Å². The van der Waals surface area contributed by atoms with Crippen LogP contribution in [0.4, 0.5) is 5.13 Å². The molecule has 0 aromatic carbocycles. The van der Waals surface area contributed by atoms with Crippen molar-refractivity contribution in [2.75, 3.05) is 25.6 Å². The monoisotopic (exact) mass is 212 g/mol. The zero-order chi connectivity index (χ0) is 9.80. The average molecular weight is 212 g/mol. The van der Waals surface area contributed by atoms with E-state index in [-0.39, 0.29) is 0 Å². The summed E-state index contributed by atoms with van der Waals surface area (Å²) in [6, 6.07) is 0. The maximum absolute atomic E-state index is 4.98. The Hall–Kier alpha value is -0.610. The molecule has 0 unspecified atom stereocenters. The molecule has 0 fully saturated rings. The maximum Gasteiger partial charge on any atom is 0.183 e. The van der Waals surface area contributed by atoms with Gasteiger partial charge in [0.1, 0.15) is 0 Å². The highest BCUT2D eigenvalue weighted by Crippen LogP contribution is 2.29. The standard InChI is InChI=1S/C10H16N2OS/c1-13-7-6-11-10-12-8-4-2-3-5-9(8)14-10/h2-7H2,1H3,(H,11,12). The van der Waals surface area contributed by atoms with Crippen LogP contribution in [-0.4, -0.2) is 25.2 Å². The Balaban J connectivity index is 1.94. The van der Waals surface area contributed by atoms with E-state index in [0.717, 1.165) is 24.7 Å². The lowest BCUT2D eigenvalue weighted by atomic mass is 10.0. The topological polar surface area (TPSA) is 34.1 Å². The summed E-state index contributed by atoms with van der Waals surface area (Å²) in [4.78, 5) is 6.06. The average Bonchev–Trinajstić information content (AvgIpc) is 2.60. The van der Waals surface area contributed by atoms with Gasteiger partial charge in [0.25, 0.3) is 0 Å². The molecule has 1 aromatic rings. The van der Waals surface area contributed by atoms with E-state index < -0.39 is 0 Å². The van der Waals surface area contributed by atoms with Crippen LogP contribution in [-0.2, 0) is 17.6 Å². The number of nitrogens with one attached hydrogen (secondary N) is 1. The van der Waals surface area contributed by atoms with Crippen LogP contribution in [0.2, 0.25) is 0 Å². The van der Waals surface area contributed by atoms with E-state index in [1.807, 2.05) is 11.3 Å². The van der Waals surface area contributed by atoms with Gasteiger partial charge in [-0.3, -0.25) is 0 Å². The predicted octanol–water partition coefficient (Wildman–Crippen LogP) is 2.08. The summed E-state index contributed by atoms with van der Waals surface area (Å²) in [5.41, 5.74) is 1.32. The molecule has 0 aliphatic heterocycles. The van der Waals surface area contributed by atoms with Crippen LogP contribution in [0.3, 0.4) is 0 Å². The van der Waals surface area contributed by atoms with Gasteiger partial charge < -0.3 is 10.1 Å². The van der Waals surface area contributed by atoms with Crippen LogP contribution in [0.1, 0.15) is 23.4 Å². The first-order chi connectivity index (χ1) is 6.90. The third kappa shape index (κ3) is 2.25. The zero-order valence-electron chi connectivity index (χ0n) is 8.51. The highest BCUT2D eigenvalue weighted by atomic mass is 32.1. The quantitative estimate of drug-likeness (QED) is 0.776. The molecular weight excluding hydrogens is 196 g/mol. The highest BCUT2D eigenvalue weighted by Gasteiger charge is 2.14. The fourth-order valence-corrected chi connectivity index (χ4v) is 2.76. The first kappa shape index (κ1) is 9.93. The van der Waals surface area contributed by atoms with Crippen molar-refractivity contribution >= 4 is 16.5 Å². The van der Waals surface area contributed by atoms with Crippen molar-refractivity contribution in [3.8, 4) is 0 Å². The van der Waals surface area contributed by atoms with Crippen molar-refractivity contribution in [2.45, 2.75) is 25.7 Å². The van der Waals surface area contributed by atoms with E-state index in [0.29, 0.717) is 0 Å². The van der Waals surface area contributed by atoms with Crippen molar-refractivity contribution in [3.63, 3.8) is 0 Å². The number of rotatable bonds is 4. The van der Waals surface area contributed by atoms with Gasteiger partial charge >= 0.3 is 0 Å². The SMILES string of the molecule is COCCNc1nc2c(s1)CCCC2. The number of aryl methyl sites for hydroxylation is 2. The Kier molecular flexibility index (Phi) is 3.37. The van der Waals surface area contributed by atoms with Gasteiger partial charge in [0.05, 0.1) is 12.3 Å². The fraction of sp³-hybridized carbons (Fsp3) is 0.700. The predicted molar refractivity (Wildman–Crippen MR) is 59.1 cm³/mol. The van der Waals surface area contributed by atoms with Crippen LogP contribution >= 0.6 is 11.3 Å². The van der Waals surface area contributed by atoms with Crippen LogP contribution in [0, 0.1) is 0 Å². The molecule has 78 valence electrons. The molecule has 1 heterocycles. The lowest BCUT2D eigenvalue weighted by Gasteiger charge is -2.06. The molecule has 3 nitrogen and oxygen atoms in total. The van der Waals surface area contributed by atoms with Crippen LogP contribution < -0.4 is 5.32 Å². The summed E-state index contributed by atoms with van der Waals surface area (Å²) in [6.45, 7) is 1.59. The van der Waals surface area contributed by atoms with Crippen molar-refractivity contribution in [2.24, 2.45) is 0 Å². The van der Waals surface area contributed by atoms with Crippen molar-refractivity contribution in [1.29, 1.82) is 0 Å². The summed E-state index contributed by atoms with van der Waals surface area (Å²) < 4.78 is 4.98. The summed E-state index contributed by atoms with van der Waals surface area (Å²) in [6.07, 6.45) is 5.01. The van der Waals surface area contributed by atoms with Crippen LogP contribution in [0.5, 0.6) is 0 Å². The minimum Gasteiger partial charge on any atom is -0.383 e. The first-order valence-electron chi connectivity index (χ1n) is 5.11. The number of nitrogens with zero attached hydrogens (tertiary/aromatic N) is 1. The molecule has 1 aliphatic rings. The molecule has 0 saturated heterocycles. The number of fused-ring (bicyclic) bond motifs is 1. The number of aromatic nitrogens is 1. The van der Waals surface area contributed by atoms with Gasteiger partial charge in [0, 0.05) is 18.5 Å². The van der Waals surface area contributed by atoms with E-state index in [2.05, 4.69) is 10.3 Å². The Labute approximate surface area is 88.5 Å². The molecule has 0 bridgehead atoms. The minimum atomic E-state index is 0.740. The number of thiazole rings is 1. The smallest absolute Gasteiger partial charge is 0.183 e. The Bertz CT molecular complexity index is 275. The van der Waals surface area contributed by atoms with E-state index >= 15 is 0 Å². The second-order valence-corrected chi connectivity index (χ2v) is 4.60. The molecule has 1 N–H and O–H groups in total. The van der Waals surface area contributed by atoms with E-state index in [1.54, 1.807) is 7.11 Å². The second-order valence-electron chi connectivity index (χ2n) is 3.52. The first-order valence-corrected chi connectivity index (χ1v) is 5.93. The highest BCUT2D eigenvalue weighted by molar-refractivity contribution is 7.15. The number of hydrogen-bond acceptors (Lipinski definition) is 4. The van der Waals surface area contributed by atoms with E-state index in [1.165, 1.54) is 29.8 Å². The molecule has 0 radical (unpaired) electrons. The Morgan fingerprint density at radius 2 is 2.29 bits per heavy atom. The molecule has 1 aromatic heterocycles. The third-order valence-electron chi connectivity index (χ3n) is 2.43. The molecule has 0 atom stereocenters. The Morgan fingerprint density at radius 1 is 1.43 bits per heavy atom. The lowest BCUT2D eigenvalue weighted by Crippen LogP contribution is -2.07. The summed E-state index contributed by atoms with van der Waals surface area (Å²) in [5, 5.41) is 4.35. The van der Waals surface area contributed by atoms with Crippen molar-refractivity contribution < 1.29 is 4.74 Å². The molecule has 0 spiro atoms. The van der Waals surface area contributed by atoms with Gasteiger partial charge in [-0.1, -0.05) is 0 Å². The van der Waals surface area contributed by atoms with Crippen LogP contribution in [0.15, 0.2) is 0 Å². The van der Waals surface area contributed by atoms with Gasteiger partial charge in [-0.15, -0.1) is 11.3 Å². The zero-order valence-corrected chi connectivity index (χ0v) is 9.32. The van der Waals surface area contributed by atoms with Gasteiger partial charge in [0.2, 0.25) is 0 Å². The number of hydrogen-bond donors (Lipinski definition) is 1. The third-order valence-corrected chi connectivity index (χ3v) is 3.54. The largest absolute Gasteiger partial charge is 0.383 e. The van der Waals surface area contributed by atoms with Crippen molar-refractivity contribution in [1.82, 2.24) is 4.98 Å². The molecule has 2 rings (SSSR count). The van der Waals surface area contributed by atoms with Gasteiger partial charge in [-0.25, -0.2) is 4.98 Å². The van der Waals surface area contributed by atoms with E-state index in [4.69, 9.17) is 4.74 Å². The Morgan fingerprint density at radius 3 is 3.07 bits per heavy atom.